The Labute approximate surface area is 171 Å². The standard InChI is InChI=1S/C23H29NO5/c1-12-10-24(27)11-13-4-5-17-19-14(6-7-29-17)16(21(26)28-3)9-23(19)20(25)15(12)8-18(24)22(13,23)2/h12-13,15,18H,4-11H2,1-3H3/t12-,13-,15-,18-,22-,23+,24?/m0/s1. The summed E-state index contributed by atoms with van der Waals surface area (Å²) in [6.07, 6.45) is 3.38. The fourth-order valence-electron chi connectivity index (χ4n) is 8.54. The Hall–Kier alpha value is -1.66. The third kappa shape index (κ3) is 1.79. The molecule has 29 heavy (non-hydrogen) atoms. The fraction of sp³-hybridized carbons (Fsp3) is 0.739. The molecule has 156 valence electrons. The number of piperidine rings is 1. The summed E-state index contributed by atoms with van der Waals surface area (Å²) in [5.41, 5.74) is 1.40. The summed E-state index contributed by atoms with van der Waals surface area (Å²) >= 11 is 0. The van der Waals surface area contributed by atoms with Gasteiger partial charge in [0.15, 0.2) is 0 Å². The normalized spacial score (nSPS) is 49.6. The highest BCUT2D eigenvalue weighted by molar-refractivity contribution is 6.01. The minimum absolute atomic E-state index is 0.0709. The van der Waals surface area contributed by atoms with Crippen LogP contribution in [0.1, 0.15) is 46.0 Å². The van der Waals surface area contributed by atoms with Gasteiger partial charge in [-0.3, -0.25) is 4.79 Å². The number of esters is 1. The molecular weight excluding hydrogens is 370 g/mol. The Bertz CT molecular complexity index is 920. The minimum Gasteiger partial charge on any atom is -0.633 e. The maximum absolute atomic E-state index is 14.3. The lowest BCUT2D eigenvalue weighted by atomic mass is 9.45. The van der Waals surface area contributed by atoms with Crippen molar-refractivity contribution in [1.29, 1.82) is 0 Å². The number of ether oxygens (including phenoxy) is 2. The first-order chi connectivity index (χ1) is 13.8. The lowest BCUT2D eigenvalue weighted by Gasteiger charge is -2.62. The number of rotatable bonds is 1. The molecule has 0 N–H and O–H groups in total. The van der Waals surface area contributed by atoms with E-state index in [2.05, 4.69) is 13.8 Å². The zero-order chi connectivity index (χ0) is 20.3. The summed E-state index contributed by atoms with van der Waals surface area (Å²) in [7, 11) is 1.41. The van der Waals surface area contributed by atoms with Gasteiger partial charge in [0.25, 0.3) is 0 Å². The van der Waals surface area contributed by atoms with Gasteiger partial charge in [0.2, 0.25) is 0 Å². The number of hydrogen-bond donors (Lipinski definition) is 0. The number of carbonyl (C=O) groups is 2. The summed E-state index contributed by atoms with van der Waals surface area (Å²) < 4.78 is 11.1. The smallest absolute Gasteiger partial charge is 0.334 e. The van der Waals surface area contributed by atoms with Crippen LogP contribution < -0.4 is 0 Å². The fourth-order valence-corrected chi connectivity index (χ4v) is 8.54. The quantitative estimate of drug-likeness (QED) is 0.385. The molecular formula is C23H29NO5. The predicted molar refractivity (Wildman–Crippen MR) is 104 cm³/mol. The molecule has 6 heteroatoms. The number of quaternary nitrogens is 1. The second-order valence-corrected chi connectivity index (χ2v) is 10.5. The van der Waals surface area contributed by atoms with Crippen LogP contribution in [0.3, 0.4) is 0 Å². The van der Waals surface area contributed by atoms with Gasteiger partial charge >= 0.3 is 5.97 Å². The van der Waals surface area contributed by atoms with Gasteiger partial charge in [0, 0.05) is 53.6 Å². The van der Waals surface area contributed by atoms with Gasteiger partial charge < -0.3 is 19.3 Å². The third-order valence-electron chi connectivity index (χ3n) is 9.67. The minimum atomic E-state index is -0.796. The maximum Gasteiger partial charge on any atom is 0.334 e. The number of fused-ring (bicyclic) bond motifs is 1. The molecule has 3 heterocycles. The first kappa shape index (κ1) is 18.1. The Morgan fingerprint density at radius 1 is 1.31 bits per heavy atom. The lowest BCUT2D eigenvalue weighted by molar-refractivity contribution is -0.908. The van der Waals surface area contributed by atoms with Gasteiger partial charge in [0.1, 0.15) is 11.5 Å². The number of nitrogens with zero attached hydrogens (tertiary/aromatic N) is 1. The molecule has 2 saturated heterocycles. The van der Waals surface area contributed by atoms with Crippen molar-refractivity contribution in [3.8, 4) is 0 Å². The summed E-state index contributed by atoms with van der Waals surface area (Å²) in [5, 5.41) is 14.0. The highest BCUT2D eigenvalue weighted by Crippen LogP contribution is 2.74. The molecule has 6 nitrogen and oxygen atoms in total. The second-order valence-electron chi connectivity index (χ2n) is 10.5. The zero-order valence-corrected chi connectivity index (χ0v) is 17.5. The van der Waals surface area contributed by atoms with Crippen LogP contribution in [0.25, 0.3) is 0 Å². The van der Waals surface area contributed by atoms with E-state index < -0.39 is 10.8 Å². The molecule has 3 aliphatic heterocycles. The van der Waals surface area contributed by atoms with Crippen molar-refractivity contribution in [1.82, 2.24) is 0 Å². The molecule has 0 aromatic carbocycles. The molecule has 0 amide bonds. The van der Waals surface area contributed by atoms with E-state index in [-0.39, 0.29) is 40.2 Å². The zero-order valence-electron chi connectivity index (χ0n) is 17.5. The summed E-state index contributed by atoms with van der Waals surface area (Å²) in [4.78, 5) is 27.1. The number of ketones is 1. The van der Waals surface area contributed by atoms with Crippen molar-refractivity contribution in [2.45, 2.75) is 52.0 Å². The molecule has 6 rings (SSSR count). The monoisotopic (exact) mass is 399 g/mol. The van der Waals surface area contributed by atoms with E-state index in [1.54, 1.807) is 0 Å². The van der Waals surface area contributed by atoms with E-state index in [0.717, 1.165) is 29.7 Å². The van der Waals surface area contributed by atoms with Gasteiger partial charge in [0.05, 0.1) is 38.3 Å². The molecule has 0 aromatic rings. The Morgan fingerprint density at radius 2 is 2.10 bits per heavy atom. The average molecular weight is 399 g/mol. The average Bonchev–Trinajstić information content (AvgIpc) is 3.13. The molecule has 7 atom stereocenters. The number of hydroxylamine groups is 3. The predicted octanol–water partition coefficient (Wildman–Crippen LogP) is 2.87. The van der Waals surface area contributed by atoms with E-state index >= 15 is 0 Å². The summed E-state index contributed by atoms with van der Waals surface area (Å²) in [6, 6.07) is -0.0709. The van der Waals surface area contributed by atoms with Crippen molar-refractivity contribution < 1.29 is 23.7 Å². The number of methoxy groups -OCH3 is 1. The van der Waals surface area contributed by atoms with Gasteiger partial charge in [-0.25, -0.2) is 4.79 Å². The first-order valence-electron chi connectivity index (χ1n) is 11.1. The lowest BCUT2D eigenvalue weighted by Crippen LogP contribution is -2.69. The van der Waals surface area contributed by atoms with Crippen LogP contribution in [0, 0.1) is 33.8 Å². The third-order valence-corrected chi connectivity index (χ3v) is 9.67. The topological polar surface area (TPSA) is 75.7 Å². The summed E-state index contributed by atoms with van der Waals surface area (Å²) in [6.45, 7) is 5.97. The Morgan fingerprint density at radius 3 is 2.86 bits per heavy atom. The van der Waals surface area contributed by atoms with Crippen LogP contribution in [0.2, 0.25) is 0 Å². The van der Waals surface area contributed by atoms with Gasteiger partial charge in [-0.15, -0.1) is 0 Å². The van der Waals surface area contributed by atoms with Crippen molar-refractivity contribution >= 4 is 11.8 Å². The Kier molecular flexibility index (Phi) is 3.33. The number of carbonyl (C=O) groups excluding carboxylic acids is 2. The van der Waals surface area contributed by atoms with E-state index in [4.69, 9.17) is 9.47 Å². The highest BCUT2D eigenvalue weighted by atomic mass is 16.6. The molecule has 3 fully saturated rings. The Balaban J connectivity index is 1.66. The van der Waals surface area contributed by atoms with Crippen LogP contribution in [0.5, 0.6) is 0 Å². The molecule has 0 aromatic heterocycles. The van der Waals surface area contributed by atoms with E-state index in [0.29, 0.717) is 44.5 Å². The van der Waals surface area contributed by atoms with Crippen LogP contribution in [0.4, 0.5) is 0 Å². The molecule has 6 aliphatic rings. The van der Waals surface area contributed by atoms with E-state index in [9.17, 15) is 14.8 Å². The van der Waals surface area contributed by atoms with Crippen LogP contribution >= 0.6 is 0 Å². The highest BCUT2D eigenvalue weighted by Gasteiger charge is 2.78. The van der Waals surface area contributed by atoms with Crippen LogP contribution in [-0.2, 0) is 19.1 Å². The summed E-state index contributed by atoms with van der Waals surface area (Å²) in [5.74, 6) is 1.000. The maximum atomic E-state index is 14.3. The molecule has 0 radical (unpaired) electrons. The molecule has 1 unspecified atom stereocenters. The molecule has 2 bridgehead atoms. The van der Waals surface area contributed by atoms with Crippen molar-refractivity contribution in [3.63, 3.8) is 0 Å². The number of Topliss-reactive ketones (excluding diaryl/α,β-unsaturated/α-hetero) is 1. The SMILES string of the molecule is COC(=O)C1=C2CCOC3=C2[C@]2(C1)C(=O)[C@H]1C[C@H]4[C@]2(C)[C@@H](CC3)C[N+]4([O-])C[C@@H]1C. The van der Waals surface area contributed by atoms with Crippen LogP contribution in [-0.4, -0.2) is 49.2 Å². The first-order valence-corrected chi connectivity index (χ1v) is 11.1. The van der Waals surface area contributed by atoms with Crippen molar-refractivity contribution in [3.05, 3.63) is 27.7 Å². The van der Waals surface area contributed by atoms with Crippen LogP contribution in [0.15, 0.2) is 22.5 Å². The second kappa shape index (κ2) is 5.33. The van der Waals surface area contributed by atoms with Crippen molar-refractivity contribution in [2.75, 3.05) is 26.8 Å². The van der Waals surface area contributed by atoms with Gasteiger partial charge in [-0.1, -0.05) is 13.8 Å². The number of hydrogen-bond acceptors (Lipinski definition) is 5. The van der Waals surface area contributed by atoms with E-state index in [1.165, 1.54) is 7.11 Å². The largest absolute Gasteiger partial charge is 0.633 e. The van der Waals surface area contributed by atoms with E-state index in [1.807, 2.05) is 0 Å². The molecule has 3 aliphatic carbocycles. The van der Waals surface area contributed by atoms with Gasteiger partial charge in [-0.2, -0.15) is 0 Å². The van der Waals surface area contributed by atoms with Gasteiger partial charge in [-0.05, 0) is 18.4 Å². The number of allylic oxidation sites excluding steroid dienone is 2. The molecule has 1 saturated carbocycles. The van der Waals surface area contributed by atoms with Crippen molar-refractivity contribution in [2.24, 2.45) is 28.6 Å². The molecule has 1 spiro atoms.